The van der Waals surface area contributed by atoms with Crippen molar-refractivity contribution in [2.75, 3.05) is 18.6 Å². The van der Waals surface area contributed by atoms with Crippen LogP contribution < -0.4 is 10.3 Å². The number of aromatic nitrogens is 2. The number of sulfonamides is 1. The molecule has 0 aliphatic rings. The van der Waals surface area contributed by atoms with E-state index >= 15 is 0 Å². The van der Waals surface area contributed by atoms with E-state index in [0.29, 0.717) is 27.7 Å². The Morgan fingerprint density at radius 3 is 2.48 bits per heavy atom. The summed E-state index contributed by atoms with van der Waals surface area (Å²) in [7, 11) is -3.25. The second-order valence-corrected chi connectivity index (χ2v) is 9.86. The molecule has 0 fully saturated rings. The lowest BCUT2D eigenvalue weighted by Gasteiger charge is -2.15. The zero-order chi connectivity index (χ0) is 21.0. The number of hydrogen-bond donors (Lipinski definition) is 1. The summed E-state index contributed by atoms with van der Waals surface area (Å²) in [5.41, 5.74) is 2.47. The number of nitrogens with zero attached hydrogens (tertiary/aromatic N) is 2. The zero-order valence-electron chi connectivity index (χ0n) is 16.8. The summed E-state index contributed by atoms with van der Waals surface area (Å²) in [5.74, 6) is 0.911. The summed E-state index contributed by atoms with van der Waals surface area (Å²) < 4.78 is 26.6. The van der Waals surface area contributed by atoms with Crippen molar-refractivity contribution < 1.29 is 8.42 Å². The van der Waals surface area contributed by atoms with Gasteiger partial charge in [-0.1, -0.05) is 49.9 Å². The van der Waals surface area contributed by atoms with Crippen molar-refractivity contribution in [2.24, 2.45) is 0 Å². The first-order valence-corrected chi connectivity index (χ1v) is 12.4. The number of nitrogens with one attached hydrogen (secondary N) is 1. The molecule has 0 amide bonds. The summed E-state index contributed by atoms with van der Waals surface area (Å²) in [6.07, 6.45) is 2.17. The molecule has 1 atom stereocenters. The molecular weight excluding hydrogens is 406 g/mol. The van der Waals surface area contributed by atoms with Gasteiger partial charge in [-0.15, -0.1) is 0 Å². The Labute approximate surface area is 175 Å². The lowest BCUT2D eigenvalue weighted by Crippen LogP contribution is -2.25. The van der Waals surface area contributed by atoms with Gasteiger partial charge in [0.15, 0.2) is 5.16 Å². The smallest absolute Gasteiger partial charge is 0.266 e. The van der Waals surface area contributed by atoms with Crippen molar-refractivity contribution in [1.82, 2.24) is 14.3 Å². The maximum absolute atomic E-state index is 13.2. The van der Waals surface area contributed by atoms with Crippen LogP contribution in [0, 0.1) is 0 Å². The van der Waals surface area contributed by atoms with Crippen molar-refractivity contribution in [3.05, 3.63) is 64.4 Å². The Hall–Kier alpha value is -2.16. The largest absolute Gasteiger partial charge is 0.268 e. The van der Waals surface area contributed by atoms with E-state index < -0.39 is 10.0 Å². The monoisotopic (exact) mass is 431 g/mol. The van der Waals surface area contributed by atoms with E-state index in [-0.39, 0.29) is 12.1 Å². The van der Waals surface area contributed by atoms with Gasteiger partial charge in [-0.3, -0.25) is 9.36 Å². The predicted octanol–water partition coefficient (Wildman–Crippen LogP) is 3.54. The van der Waals surface area contributed by atoms with E-state index in [0.717, 1.165) is 18.4 Å². The maximum Gasteiger partial charge on any atom is 0.266 e. The van der Waals surface area contributed by atoms with Gasteiger partial charge in [0.2, 0.25) is 10.0 Å². The Morgan fingerprint density at radius 1 is 1.14 bits per heavy atom. The molecule has 1 N–H and O–H groups in total. The standard InChI is InChI=1S/C21H25N3O3S2/c1-4-15(2)16-9-11-17(12-10-16)24-20(25)18-7-5-6-8-19(18)23-21(24)28-14-13-22-29(3,26)27/h5-12,15,22H,4,13-14H2,1-3H3. The molecule has 29 heavy (non-hydrogen) atoms. The minimum Gasteiger partial charge on any atom is -0.268 e. The molecule has 0 bridgehead atoms. The lowest BCUT2D eigenvalue weighted by molar-refractivity contribution is 0.590. The van der Waals surface area contributed by atoms with Crippen LogP contribution in [0.4, 0.5) is 0 Å². The van der Waals surface area contributed by atoms with Gasteiger partial charge < -0.3 is 0 Å². The molecule has 3 rings (SSSR count). The van der Waals surface area contributed by atoms with E-state index in [1.54, 1.807) is 10.6 Å². The number of rotatable bonds is 8. The number of fused-ring (bicyclic) bond motifs is 1. The van der Waals surface area contributed by atoms with Crippen LogP contribution in [0.2, 0.25) is 0 Å². The van der Waals surface area contributed by atoms with Crippen molar-refractivity contribution in [2.45, 2.75) is 31.3 Å². The normalized spacial score (nSPS) is 12.9. The molecule has 0 spiro atoms. The average Bonchev–Trinajstić information content (AvgIpc) is 2.70. The first-order chi connectivity index (χ1) is 13.8. The van der Waals surface area contributed by atoms with Crippen LogP contribution in [-0.4, -0.2) is 36.5 Å². The minimum atomic E-state index is -3.25. The molecule has 1 unspecified atom stereocenters. The highest BCUT2D eigenvalue weighted by Gasteiger charge is 2.14. The first-order valence-electron chi connectivity index (χ1n) is 9.49. The molecule has 2 aromatic carbocycles. The summed E-state index contributed by atoms with van der Waals surface area (Å²) in [6, 6.07) is 15.2. The highest BCUT2D eigenvalue weighted by molar-refractivity contribution is 7.99. The van der Waals surface area contributed by atoms with Crippen LogP contribution >= 0.6 is 11.8 Å². The highest BCUT2D eigenvalue weighted by atomic mass is 32.2. The Bertz CT molecular complexity index is 1160. The Balaban J connectivity index is 2.01. The van der Waals surface area contributed by atoms with Gasteiger partial charge in [0, 0.05) is 12.3 Å². The molecule has 0 saturated heterocycles. The summed E-state index contributed by atoms with van der Waals surface area (Å²) in [6.45, 7) is 4.59. The molecule has 0 radical (unpaired) electrons. The van der Waals surface area contributed by atoms with E-state index in [4.69, 9.17) is 0 Å². The van der Waals surface area contributed by atoms with Crippen LogP contribution in [0.1, 0.15) is 31.7 Å². The summed E-state index contributed by atoms with van der Waals surface area (Å²) >= 11 is 1.35. The topological polar surface area (TPSA) is 81.1 Å². The zero-order valence-corrected chi connectivity index (χ0v) is 18.4. The molecule has 0 saturated carbocycles. The molecule has 0 aliphatic carbocycles. The second kappa shape index (κ2) is 9.11. The molecule has 0 aliphatic heterocycles. The third kappa shape index (κ3) is 5.26. The van der Waals surface area contributed by atoms with Gasteiger partial charge in [-0.2, -0.15) is 0 Å². The molecule has 154 valence electrons. The van der Waals surface area contributed by atoms with Crippen LogP contribution in [0.25, 0.3) is 16.6 Å². The van der Waals surface area contributed by atoms with Gasteiger partial charge in [0.05, 0.1) is 22.8 Å². The number of benzene rings is 2. The van der Waals surface area contributed by atoms with E-state index in [2.05, 4.69) is 23.6 Å². The van der Waals surface area contributed by atoms with Gasteiger partial charge in [0.1, 0.15) is 0 Å². The molecule has 1 heterocycles. The fourth-order valence-corrected chi connectivity index (χ4v) is 4.46. The molecular formula is C21H25N3O3S2. The second-order valence-electron chi connectivity index (χ2n) is 6.97. The summed E-state index contributed by atoms with van der Waals surface area (Å²) in [4.78, 5) is 17.9. The number of hydrogen-bond acceptors (Lipinski definition) is 5. The van der Waals surface area contributed by atoms with Crippen LogP contribution in [0.15, 0.2) is 58.5 Å². The summed E-state index contributed by atoms with van der Waals surface area (Å²) in [5, 5.41) is 1.09. The average molecular weight is 432 g/mol. The van der Waals surface area contributed by atoms with Crippen molar-refractivity contribution in [1.29, 1.82) is 0 Å². The third-order valence-electron chi connectivity index (χ3n) is 4.78. The fourth-order valence-electron chi connectivity index (χ4n) is 2.99. The number of thioether (sulfide) groups is 1. The predicted molar refractivity (Wildman–Crippen MR) is 120 cm³/mol. The van der Waals surface area contributed by atoms with Gasteiger partial charge in [-0.25, -0.2) is 18.1 Å². The molecule has 1 aromatic heterocycles. The van der Waals surface area contributed by atoms with Crippen molar-refractivity contribution >= 4 is 32.7 Å². The van der Waals surface area contributed by atoms with Gasteiger partial charge in [0.25, 0.3) is 5.56 Å². The van der Waals surface area contributed by atoms with Gasteiger partial charge >= 0.3 is 0 Å². The maximum atomic E-state index is 13.2. The van der Waals surface area contributed by atoms with E-state index in [1.165, 1.54) is 17.3 Å². The van der Waals surface area contributed by atoms with Crippen LogP contribution in [-0.2, 0) is 10.0 Å². The third-order valence-corrected chi connectivity index (χ3v) is 6.44. The molecule has 3 aromatic rings. The fraction of sp³-hybridized carbons (Fsp3) is 0.333. The van der Waals surface area contributed by atoms with Crippen molar-refractivity contribution in [3.63, 3.8) is 0 Å². The first kappa shape index (κ1) is 21.5. The lowest BCUT2D eigenvalue weighted by atomic mass is 9.98. The Morgan fingerprint density at radius 2 is 1.83 bits per heavy atom. The van der Waals surface area contributed by atoms with E-state index in [1.807, 2.05) is 42.5 Å². The minimum absolute atomic E-state index is 0.134. The SMILES string of the molecule is CCC(C)c1ccc(-n2c(SCCNS(C)(=O)=O)nc3ccccc3c2=O)cc1. The van der Waals surface area contributed by atoms with Gasteiger partial charge in [-0.05, 0) is 42.2 Å². The molecule has 8 heteroatoms. The van der Waals surface area contributed by atoms with E-state index in [9.17, 15) is 13.2 Å². The Kier molecular flexibility index (Phi) is 6.77. The van der Waals surface area contributed by atoms with Crippen LogP contribution in [0.5, 0.6) is 0 Å². The highest BCUT2D eigenvalue weighted by Crippen LogP contribution is 2.24. The van der Waals surface area contributed by atoms with Crippen LogP contribution in [0.3, 0.4) is 0 Å². The van der Waals surface area contributed by atoms with Crippen molar-refractivity contribution in [3.8, 4) is 5.69 Å². The number of para-hydroxylation sites is 1. The molecule has 6 nitrogen and oxygen atoms in total. The quantitative estimate of drug-likeness (QED) is 0.335.